The number of rotatable bonds is 6. The molecule has 2 aromatic rings. The Morgan fingerprint density at radius 1 is 1.36 bits per heavy atom. The molecule has 1 atom stereocenters. The van der Waals surface area contributed by atoms with Crippen molar-refractivity contribution >= 4 is 39.2 Å². The van der Waals surface area contributed by atoms with Crippen LogP contribution >= 0.6 is 11.3 Å². The Hall–Kier alpha value is -2.48. The summed E-state index contributed by atoms with van der Waals surface area (Å²) in [6.45, 7) is 4.56. The fraction of sp³-hybridized carbons (Fsp3) is 0.353. The standard InChI is InChI=1S/C17H19FN2O4S/c1-9-14-12(18)5-4-6-13(14)25-15(9)16(22)20(10(2)17(23)24)8-7-19-11(3)21/h4-6,10H,7-8H2,1-3H3,(H,19,21)(H,23,24). The van der Waals surface area contributed by atoms with Crippen LogP contribution in [0.25, 0.3) is 10.1 Å². The average Bonchev–Trinajstić information content (AvgIpc) is 2.88. The first-order valence-corrected chi connectivity index (χ1v) is 8.51. The van der Waals surface area contributed by atoms with Crippen LogP contribution in [0.1, 0.15) is 29.1 Å². The molecule has 0 aliphatic heterocycles. The van der Waals surface area contributed by atoms with Crippen LogP contribution in [0.2, 0.25) is 0 Å². The fourth-order valence-electron chi connectivity index (χ4n) is 2.54. The molecule has 1 aromatic heterocycles. The van der Waals surface area contributed by atoms with Crippen LogP contribution in [0.5, 0.6) is 0 Å². The molecule has 0 spiro atoms. The number of hydrogen-bond acceptors (Lipinski definition) is 4. The number of halogens is 1. The summed E-state index contributed by atoms with van der Waals surface area (Å²) in [6, 6.07) is 3.53. The molecule has 0 aliphatic rings. The van der Waals surface area contributed by atoms with Crippen molar-refractivity contribution in [1.82, 2.24) is 10.2 Å². The second-order valence-electron chi connectivity index (χ2n) is 5.66. The van der Waals surface area contributed by atoms with Gasteiger partial charge in [0.25, 0.3) is 5.91 Å². The maximum atomic E-state index is 14.0. The molecule has 1 unspecified atom stereocenters. The van der Waals surface area contributed by atoms with Crippen molar-refractivity contribution in [3.05, 3.63) is 34.5 Å². The number of nitrogens with zero attached hydrogens (tertiary/aromatic N) is 1. The van der Waals surface area contributed by atoms with Gasteiger partial charge in [-0.3, -0.25) is 9.59 Å². The van der Waals surface area contributed by atoms with E-state index in [4.69, 9.17) is 0 Å². The number of fused-ring (bicyclic) bond motifs is 1. The number of hydrogen-bond donors (Lipinski definition) is 2. The zero-order valence-corrected chi connectivity index (χ0v) is 14.9. The average molecular weight is 366 g/mol. The second-order valence-corrected chi connectivity index (χ2v) is 6.72. The quantitative estimate of drug-likeness (QED) is 0.822. The van der Waals surface area contributed by atoms with Gasteiger partial charge in [-0.25, -0.2) is 9.18 Å². The first-order chi connectivity index (χ1) is 11.7. The molecule has 2 amide bonds. The lowest BCUT2D eigenvalue weighted by Crippen LogP contribution is -2.46. The van der Waals surface area contributed by atoms with Gasteiger partial charge in [0.15, 0.2) is 0 Å². The van der Waals surface area contributed by atoms with E-state index < -0.39 is 23.7 Å². The maximum Gasteiger partial charge on any atom is 0.326 e. The van der Waals surface area contributed by atoms with Crippen molar-refractivity contribution in [3.8, 4) is 0 Å². The summed E-state index contributed by atoms with van der Waals surface area (Å²) in [6.07, 6.45) is 0. The summed E-state index contributed by atoms with van der Waals surface area (Å²) in [4.78, 5) is 36.7. The number of carbonyl (C=O) groups is 3. The Balaban J connectivity index is 2.38. The number of carbonyl (C=O) groups excluding carboxylic acids is 2. The Morgan fingerprint density at radius 3 is 2.60 bits per heavy atom. The second kappa shape index (κ2) is 7.60. The third-order valence-electron chi connectivity index (χ3n) is 3.91. The molecule has 8 heteroatoms. The van der Waals surface area contributed by atoms with Gasteiger partial charge in [0, 0.05) is 30.1 Å². The number of aliphatic carboxylic acids is 1. The summed E-state index contributed by atoms with van der Waals surface area (Å²) in [5.74, 6) is -2.32. The molecule has 134 valence electrons. The lowest BCUT2D eigenvalue weighted by atomic mass is 10.1. The number of benzene rings is 1. The highest BCUT2D eigenvalue weighted by molar-refractivity contribution is 7.21. The van der Waals surface area contributed by atoms with Gasteiger partial charge in [0.05, 0.1) is 4.88 Å². The Morgan fingerprint density at radius 2 is 2.04 bits per heavy atom. The SMILES string of the molecule is CC(=O)NCCN(C(=O)c1sc2cccc(F)c2c1C)C(C)C(=O)O. The molecule has 0 radical (unpaired) electrons. The highest BCUT2D eigenvalue weighted by atomic mass is 32.1. The predicted octanol–water partition coefficient (Wildman–Crippen LogP) is 2.40. The van der Waals surface area contributed by atoms with Crippen molar-refractivity contribution in [1.29, 1.82) is 0 Å². The monoisotopic (exact) mass is 366 g/mol. The minimum Gasteiger partial charge on any atom is -0.480 e. The van der Waals surface area contributed by atoms with E-state index in [-0.39, 0.29) is 19.0 Å². The topological polar surface area (TPSA) is 86.7 Å². The zero-order valence-electron chi connectivity index (χ0n) is 14.1. The van der Waals surface area contributed by atoms with Gasteiger partial charge in [-0.1, -0.05) is 6.07 Å². The summed E-state index contributed by atoms with van der Waals surface area (Å²) in [7, 11) is 0. The van der Waals surface area contributed by atoms with Crippen molar-refractivity contribution in [2.75, 3.05) is 13.1 Å². The number of carboxylic acids is 1. The Bertz CT molecular complexity index is 833. The van der Waals surface area contributed by atoms with Crippen LogP contribution < -0.4 is 5.32 Å². The first kappa shape index (κ1) is 18.9. The first-order valence-electron chi connectivity index (χ1n) is 7.69. The molecule has 2 N–H and O–H groups in total. The van der Waals surface area contributed by atoms with E-state index in [1.165, 1.54) is 24.8 Å². The maximum absolute atomic E-state index is 14.0. The fourth-order valence-corrected chi connectivity index (χ4v) is 3.72. The van der Waals surface area contributed by atoms with E-state index in [2.05, 4.69) is 5.32 Å². The smallest absolute Gasteiger partial charge is 0.326 e. The van der Waals surface area contributed by atoms with Gasteiger partial charge in [0.2, 0.25) is 5.91 Å². The number of nitrogens with one attached hydrogen (secondary N) is 1. The Labute approximate surface area is 148 Å². The highest BCUT2D eigenvalue weighted by Crippen LogP contribution is 2.33. The van der Waals surface area contributed by atoms with E-state index in [0.717, 1.165) is 11.3 Å². The largest absolute Gasteiger partial charge is 0.480 e. The van der Waals surface area contributed by atoms with Crippen LogP contribution in [0, 0.1) is 12.7 Å². The van der Waals surface area contributed by atoms with Gasteiger partial charge >= 0.3 is 5.97 Å². The summed E-state index contributed by atoms with van der Waals surface area (Å²) >= 11 is 1.13. The lowest BCUT2D eigenvalue weighted by molar-refractivity contribution is -0.141. The number of amides is 2. The van der Waals surface area contributed by atoms with Gasteiger partial charge in [-0.15, -0.1) is 11.3 Å². The molecule has 25 heavy (non-hydrogen) atoms. The molecule has 0 saturated carbocycles. The highest BCUT2D eigenvalue weighted by Gasteiger charge is 2.29. The third kappa shape index (κ3) is 3.96. The minimum absolute atomic E-state index is 0.0437. The molecular weight excluding hydrogens is 347 g/mol. The zero-order chi connectivity index (χ0) is 18.7. The normalized spacial score (nSPS) is 12.0. The van der Waals surface area contributed by atoms with E-state index in [1.807, 2.05) is 0 Å². The van der Waals surface area contributed by atoms with Crippen molar-refractivity contribution in [2.45, 2.75) is 26.8 Å². The lowest BCUT2D eigenvalue weighted by Gasteiger charge is -2.26. The van der Waals surface area contributed by atoms with E-state index in [1.54, 1.807) is 19.1 Å². The van der Waals surface area contributed by atoms with Crippen LogP contribution in [-0.2, 0) is 9.59 Å². The van der Waals surface area contributed by atoms with E-state index in [0.29, 0.717) is 20.5 Å². The van der Waals surface area contributed by atoms with E-state index >= 15 is 0 Å². The molecule has 6 nitrogen and oxygen atoms in total. The van der Waals surface area contributed by atoms with Gasteiger partial charge in [0.1, 0.15) is 11.9 Å². The molecular formula is C17H19FN2O4S. The van der Waals surface area contributed by atoms with Crippen LogP contribution in [0.4, 0.5) is 4.39 Å². The van der Waals surface area contributed by atoms with E-state index in [9.17, 15) is 23.9 Å². The molecule has 2 rings (SSSR count). The van der Waals surface area contributed by atoms with Gasteiger partial charge < -0.3 is 15.3 Å². The summed E-state index contributed by atoms with van der Waals surface area (Å²) < 4.78 is 14.7. The molecule has 0 bridgehead atoms. The number of carboxylic acid groups (broad SMARTS) is 1. The molecule has 1 aromatic carbocycles. The predicted molar refractivity (Wildman–Crippen MR) is 93.3 cm³/mol. The van der Waals surface area contributed by atoms with Gasteiger partial charge in [-0.05, 0) is 31.5 Å². The summed E-state index contributed by atoms with van der Waals surface area (Å²) in [5.41, 5.74) is 0.491. The van der Waals surface area contributed by atoms with Crippen LogP contribution in [-0.4, -0.2) is 46.9 Å². The minimum atomic E-state index is -1.15. The van der Waals surface area contributed by atoms with Crippen molar-refractivity contribution in [3.63, 3.8) is 0 Å². The third-order valence-corrected chi connectivity index (χ3v) is 5.15. The number of aryl methyl sites for hydroxylation is 1. The van der Waals surface area contributed by atoms with Crippen LogP contribution in [0.3, 0.4) is 0 Å². The molecule has 0 aliphatic carbocycles. The molecule has 0 saturated heterocycles. The summed E-state index contributed by atoms with van der Waals surface area (Å²) in [5, 5.41) is 12.2. The Kier molecular flexibility index (Phi) is 5.73. The number of thiophene rings is 1. The van der Waals surface area contributed by atoms with Crippen molar-refractivity contribution < 1.29 is 23.9 Å². The van der Waals surface area contributed by atoms with Crippen LogP contribution in [0.15, 0.2) is 18.2 Å². The molecule has 1 heterocycles. The molecule has 0 fully saturated rings. The van der Waals surface area contributed by atoms with Gasteiger partial charge in [-0.2, -0.15) is 0 Å². The van der Waals surface area contributed by atoms with Crippen molar-refractivity contribution in [2.24, 2.45) is 0 Å².